The van der Waals surface area contributed by atoms with Crippen molar-refractivity contribution in [2.24, 2.45) is 0 Å². The highest BCUT2D eigenvalue weighted by atomic mass is 19.4. The van der Waals surface area contributed by atoms with E-state index >= 15 is 0 Å². The first-order valence-electron chi connectivity index (χ1n) is 6.10. The van der Waals surface area contributed by atoms with Crippen molar-refractivity contribution in [2.45, 2.75) is 12.6 Å². The van der Waals surface area contributed by atoms with Crippen molar-refractivity contribution in [3.05, 3.63) is 53.6 Å². The number of halogens is 3. The van der Waals surface area contributed by atoms with Gasteiger partial charge in [-0.2, -0.15) is 18.4 Å². The minimum Gasteiger partial charge on any atom is -0.397 e. The third kappa shape index (κ3) is 3.66. The SMILES string of the molecule is N#CCc1ccc(Nc2ccc(C(F)(F)F)cc2N)cc1. The summed E-state index contributed by atoms with van der Waals surface area (Å²) in [6, 6.07) is 12.2. The molecule has 3 nitrogen and oxygen atoms in total. The van der Waals surface area contributed by atoms with E-state index in [0.29, 0.717) is 17.8 Å². The number of hydrogen-bond acceptors (Lipinski definition) is 3. The molecule has 0 fully saturated rings. The Morgan fingerprint density at radius 1 is 1.10 bits per heavy atom. The summed E-state index contributed by atoms with van der Waals surface area (Å²) in [5.74, 6) is 0. The molecule has 2 aromatic rings. The molecule has 108 valence electrons. The number of nitriles is 1. The van der Waals surface area contributed by atoms with E-state index in [9.17, 15) is 13.2 Å². The molecule has 0 spiro atoms. The van der Waals surface area contributed by atoms with E-state index in [2.05, 4.69) is 5.32 Å². The number of anilines is 3. The normalized spacial score (nSPS) is 11.0. The van der Waals surface area contributed by atoms with E-state index in [4.69, 9.17) is 11.0 Å². The molecule has 2 aromatic carbocycles. The molecule has 0 heterocycles. The smallest absolute Gasteiger partial charge is 0.397 e. The van der Waals surface area contributed by atoms with Gasteiger partial charge < -0.3 is 11.1 Å². The van der Waals surface area contributed by atoms with Crippen LogP contribution < -0.4 is 11.1 Å². The summed E-state index contributed by atoms with van der Waals surface area (Å²) in [5, 5.41) is 11.5. The zero-order valence-corrected chi connectivity index (χ0v) is 10.9. The molecule has 0 radical (unpaired) electrons. The van der Waals surface area contributed by atoms with Crippen molar-refractivity contribution in [3.8, 4) is 6.07 Å². The van der Waals surface area contributed by atoms with Gasteiger partial charge >= 0.3 is 6.18 Å². The lowest BCUT2D eigenvalue weighted by molar-refractivity contribution is -0.137. The van der Waals surface area contributed by atoms with Gasteiger partial charge in [0.1, 0.15) is 0 Å². The zero-order chi connectivity index (χ0) is 15.5. The van der Waals surface area contributed by atoms with Crippen molar-refractivity contribution in [1.82, 2.24) is 0 Å². The average Bonchev–Trinajstić information content (AvgIpc) is 2.42. The van der Waals surface area contributed by atoms with Gasteiger partial charge in [0.05, 0.1) is 29.4 Å². The second kappa shape index (κ2) is 5.75. The Kier molecular flexibility index (Phi) is 4.03. The molecule has 3 N–H and O–H groups in total. The maximum Gasteiger partial charge on any atom is 0.416 e. The van der Waals surface area contributed by atoms with Gasteiger partial charge in [-0.1, -0.05) is 12.1 Å². The standard InChI is InChI=1S/C15H12F3N3/c16-15(17,18)11-3-6-14(13(20)9-11)21-12-4-1-10(2-5-12)7-8-19/h1-6,9,21H,7,20H2. The van der Waals surface area contributed by atoms with Gasteiger partial charge in [-0.05, 0) is 35.9 Å². The topological polar surface area (TPSA) is 61.8 Å². The highest BCUT2D eigenvalue weighted by molar-refractivity contribution is 5.73. The second-order valence-electron chi connectivity index (χ2n) is 4.46. The van der Waals surface area contributed by atoms with E-state index in [0.717, 1.165) is 17.7 Å². The Bertz CT molecular complexity index is 670. The predicted molar refractivity (Wildman–Crippen MR) is 74.9 cm³/mol. The van der Waals surface area contributed by atoms with Crippen LogP contribution >= 0.6 is 0 Å². The summed E-state index contributed by atoms with van der Waals surface area (Å²) in [6.07, 6.45) is -4.10. The van der Waals surface area contributed by atoms with Crippen LogP contribution in [0.25, 0.3) is 0 Å². The van der Waals surface area contributed by atoms with Gasteiger partial charge in [0.2, 0.25) is 0 Å². The fourth-order valence-corrected chi connectivity index (χ4v) is 1.81. The van der Waals surface area contributed by atoms with E-state index in [-0.39, 0.29) is 5.69 Å². The van der Waals surface area contributed by atoms with Crippen LogP contribution in [0.4, 0.5) is 30.2 Å². The Morgan fingerprint density at radius 3 is 2.29 bits per heavy atom. The molecule has 21 heavy (non-hydrogen) atoms. The number of rotatable bonds is 3. The molecule has 2 rings (SSSR count). The molecule has 0 aliphatic heterocycles. The third-order valence-corrected chi connectivity index (χ3v) is 2.90. The highest BCUT2D eigenvalue weighted by Gasteiger charge is 2.30. The summed E-state index contributed by atoms with van der Waals surface area (Å²) in [6.45, 7) is 0. The molecular formula is C15H12F3N3. The van der Waals surface area contributed by atoms with Crippen LogP contribution in [-0.4, -0.2) is 0 Å². The summed E-state index contributed by atoms with van der Waals surface area (Å²) in [4.78, 5) is 0. The zero-order valence-electron chi connectivity index (χ0n) is 10.9. The van der Waals surface area contributed by atoms with Crippen molar-refractivity contribution >= 4 is 17.1 Å². The summed E-state index contributed by atoms with van der Waals surface area (Å²) in [7, 11) is 0. The summed E-state index contributed by atoms with van der Waals surface area (Å²) >= 11 is 0. The fraction of sp³-hybridized carbons (Fsp3) is 0.133. The van der Waals surface area contributed by atoms with Crippen LogP contribution in [-0.2, 0) is 12.6 Å². The summed E-state index contributed by atoms with van der Waals surface area (Å²) in [5.41, 5.74) is 6.82. The lowest BCUT2D eigenvalue weighted by atomic mass is 10.1. The number of hydrogen-bond donors (Lipinski definition) is 2. The molecule has 0 aliphatic rings. The molecule has 0 unspecified atom stereocenters. The third-order valence-electron chi connectivity index (χ3n) is 2.90. The first kappa shape index (κ1) is 14.7. The molecule has 0 saturated carbocycles. The molecule has 0 bridgehead atoms. The first-order valence-corrected chi connectivity index (χ1v) is 6.10. The summed E-state index contributed by atoms with van der Waals surface area (Å²) < 4.78 is 37.6. The quantitative estimate of drug-likeness (QED) is 0.837. The number of benzene rings is 2. The van der Waals surface area contributed by atoms with Crippen molar-refractivity contribution in [1.29, 1.82) is 5.26 Å². The Hall–Kier alpha value is -2.68. The van der Waals surface area contributed by atoms with E-state index in [1.165, 1.54) is 6.07 Å². The number of alkyl halides is 3. The number of nitrogens with one attached hydrogen (secondary N) is 1. The Balaban J connectivity index is 2.18. The second-order valence-corrected chi connectivity index (χ2v) is 4.46. The van der Waals surface area contributed by atoms with Gasteiger partial charge in [-0.15, -0.1) is 0 Å². The van der Waals surface area contributed by atoms with Crippen molar-refractivity contribution in [2.75, 3.05) is 11.1 Å². The predicted octanol–water partition coefficient (Wildman–Crippen LogP) is 4.10. The largest absolute Gasteiger partial charge is 0.416 e. The highest BCUT2D eigenvalue weighted by Crippen LogP contribution is 2.33. The molecular weight excluding hydrogens is 279 g/mol. The molecule has 0 saturated heterocycles. The van der Waals surface area contributed by atoms with Crippen LogP contribution in [0.3, 0.4) is 0 Å². The van der Waals surface area contributed by atoms with Crippen LogP contribution in [0.2, 0.25) is 0 Å². The van der Waals surface area contributed by atoms with Crippen LogP contribution in [0.15, 0.2) is 42.5 Å². The fourth-order valence-electron chi connectivity index (χ4n) is 1.81. The Morgan fingerprint density at radius 2 is 1.76 bits per heavy atom. The minimum atomic E-state index is -4.41. The van der Waals surface area contributed by atoms with Gasteiger partial charge in [-0.3, -0.25) is 0 Å². The maximum atomic E-state index is 12.5. The number of nitrogens with zero attached hydrogens (tertiary/aromatic N) is 1. The molecule has 0 aliphatic carbocycles. The number of nitrogen functional groups attached to an aromatic ring is 1. The molecule has 6 heteroatoms. The van der Waals surface area contributed by atoms with Gasteiger partial charge in [-0.25, -0.2) is 0 Å². The van der Waals surface area contributed by atoms with Crippen molar-refractivity contribution in [3.63, 3.8) is 0 Å². The Labute approximate surface area is 119 Å². The molecule has 0 aromatic heterocycles. The van der Waals surface area contributed by atoms with Crippen LogP contribution in [0.1, 0.15) is 11.1 Å². The molecule has 0 atom stereocenters. The van der Waals surface area contributed by atoms with Gasteiger partial charge in [0.15, 0.2) is 0 Å². The first-order chi connectivity index (χ1) is 9.90. The number of nitrogens with two attached hydrogens (primary N) is 1. The van der Waals surface area contributed by atoms with Crippen LogP contribution in [0.5, 0.6) is 0 Å². The van der Waals surface area contributed by atoms with Gasteiger partial charge in [0, 0.05) is 5.69 Å². The maximum absolute atomic E-state index is 12.5. The van der Waals surface area contributed by atoms with E-state index in [1.807, 2.05) is 6.07 Å². The lowest BCUT2D eigenvalue weighted by Gasteiger charge is -2.12. The lowest BCUT2D eigenvalue weighted by Crippen LogP contribution is -2.06. The average molecular weight is 291 g/mol. The molecule has 0 amide bonds. The van der Waals surface area contributed by atoms with E-state index < -0.39 is 11.7 Å². The minimum absolute atomic E-state index is 0.0194. The van der Waals surface area contributed by atoms with Crippen molar-refractivity contribution < 1.29 is 13.2 Å². The van der Waals surface area contributed by atoms with Gasteiger partial charge in [0.25, 0.3) is 0 Å². The van der Waals surface area contributed by atoms with Crippen LogP contribution in [0, 0.1) is 11.3 Å². The monoisotopic (exact) mass is 291 g/mol. The van der Waals surface area contributed by atoms with E-state index in [1.54, 1.807) is 24.3 Å².